The van der Waals surface area contributed by atoms with E-state index in [2.05, 4.69) is 5.32 Å². The van der Waals surface area contributed by atoms with Gasteiger partial charge >= 0.3 is 12.1 Å². The van der Waals surface area contributed by atoms with Gasteiger partial charge in [-0.05, 0) is 38.0 Å². The van der Waals surface area contributed by atoms with Crippen LogP contribution in [0.2, 0.25) is 0 Å². The van der Waals surface area contributed by atoms with E-state index in [1.54, 1.807) is 20.8 Å². The van der Waals surface area contributed by atoms with E-state index in [9.17, 15) is 14.7 Å². The number of amides is 1. The molecule has 1 aromatic rings. The highest BCUT2D eigenvalue weighted by molar-refractivity contribution is 5.80. The molecule has 1 unspecified atom stereocenters. The van der Waals surface area contributed by atoms with Crippen LogP contribution in [0.3, 0.4) is 0 Å². The van der Waals surface area contributed by atoms with E-state index >= 15 is 0 Å². The molecular weight excluding hydrogens is 286 g/mol. The van der Waals surface area contributed by atoms with Crippen molar-refractivity contribution in [1.82, 2.24) is 5.32 Å². The van der Waals surface area contributed by atoms with Crippen LogP contribution >= 0.6 is 0 Å². The fourth-order valence-electron chi connectivity index (χ4n) is 2.25. The van der Waals surface area contributed by atoms with Gasteiger partial charge in [-0.25, -0.2) is 9.59 Å². The number of carboxylic acids is 1. The quantitative estimate of drug-likeness (QED) is 0.890. The third-order valence-corrected chi connectivity index (χ3v) is 3.18. The van der Waals surface area contributed by atoms with E-state index in [-0.39, 0.29) is 6.42 Å². The molecule has 6 nitrogen and oxygen atoms in total. The highest BCUT2D eigenvalue weighted by Gasteiger charge is 2.24. The van der Waals surface area contributed by atoms with E-state index in [0.29, 0.717) is 6.61 Å². The lowest BCUT2D eigenvalue weighted by atomic mass is 10.0. The molecule has 0 spiro atoms. The fraction of sp³-hybridized carbons (Fsp3) is 0.500. The second kappa shape index (κ2) is 6.25. The second-order valence-electron chi connectivity index (χ2n) is 6.28. The van der Waals surface area contributed by atoms with Gasteiger partial charge in [0, 0.05) is 12.8 Å². The number of carbonyl (C=O) groups is 2. The summed E-state index contributed by atoms with van der Waals surface area (Å²) in [5, 5.41) is 11.7. The average Bonchev–Trinajstić information content (AvgIpc) is 2.82. The predicted octanol–water partition coefficient (Wildman–Crippen LogP) is 2.14. The van der Waals surface area contributed by atoms with Crippen LogP contribution < -0.4 is 10.1 Å². The van der Waals surface area contributed by atoms with Gasteiger partial charge in [-0.3, -0.25) is 0 Å². The van der Waals surface area contributed by atoms with Crippen molar-refractivity contribution in [3.05, 3.63) is 29.3 Å². The van der Waals surface area contributed by atoms with Crippen molar-refractivity contribution in [1.29, 1.82) is 0 Å². The number of rotatable bonds is 4. The first-order valence-corrected chi connectivity index (χ1v) is 7.21. The minimum absolute atomic E-state index is 0.196. The maximum atomic E-state index is 11.7. The highest BCUT2D eigenvalue weighted by Crippen LogP contribution is 2.26. The monoisotopic (exact) mass is 307 g/mol. The zero-order valence-corrected chi connectivity index (χ0v) is 13.0. The first-order chi connectivity index (χ1) is 10.2. The standard InChI is InChI=1S/C16H21NO5/c1-16(2,3)22-15(20)17-12(14(18)19)9-10-4-5-13-11(8-10)6-7-21-13/h4-5,8,12H,6-7,9H2,1-3H3,(H,17,20)(H,18,19). The van der Waals surface area contributed by atoms with Gasteiger partial charge in [0.25, 0.3) is 0 Å². The SMILES string of the molecule is CC(C)(C)OC(=O)NC(Cc1ccc2c(c1)CCO2)C(=O)O. The van der Waals surface area contributed by atoms with Crippen molar-refractivity contribution in [3.63, 3.8) is 0 Å². The summed E-state index contributed by atoms with van der Waals surface area (Å²) in [4.78, 5) is 23.1. The van der Waals surface area contributed by atoms with Crippen molar-refractivity contribution >= 4 is 12.1 Å². The Balaban J connectivity index is 2.03. The molecule has 0 fully saturated rings. The van der Waals surface area contributed by atoms with E-state index in [1.807, 2.05) is 18.2 Å². The number of hydrogen-bond donors (Lipinski definition) is 2. The zero-order valence-electron chi connectivity index (χ0n) is 13.0. The Bertz CT molecular complexity index is 576. The van der Waals surface area contributed by atoms with Gasteiger partial charge in [-0.2, -0.15) is 0 Å². The van der Waals surface area contributed by atoms with Crippen molar-refractivity contribution in [2.45, 2.75) is 45.3 Å². The van der Waals surface area contributed by atoms with Gasteiger partial charge in [0.2, 0.25) is 0 Å². The molecule has 2 rings (SSSR count). The van der Waals surface area contributed by atoms with Crippen molar-refractivity contribution < 1.29 is 24.2 Å². The van der Waals surface area contributed by atoms with Gasteiger partial charge in [-0.15, -0.1) is 0 Å². The molecule has 0 radical (unpaired) electrons. The molecule has 1 heterocycles. The molecule has 1 atom stereocenters. The number of carboxylic acid groups (broad SMARTS) is 1. The molecule has 120 valence electrons. The lowest BCUT2D eigenvalue weighted by Gasteiger charge is -2.22. The van der Waals surface area contributed by atoms with Gasteiger partial charge in [-0.1, -0.05) is 12.1 Å². The molecule has 2 N–H and O–H groups in total. The Morgan fingerprint density at radius 2 is 2.14 bits per heavy atom. The average molecular weight is 307 g/mol. The highest BCUT2D eigenvalue weighted by atomic mass is 16.6. The second-order valence-corrected chi connectivity index (χ2v) is 6.28. The smallest absolute Gasteiger partial charge is 0.408 e. The van der Waals surface area contributed by atoms with Crippen molar-refractivity contribution in [3.8, 4) is 5.75 Å². The normalized spacial score (nSPS) is 14.7. The molecule has 22 heavy (non-hydrogen) atoms. The van der Waals surface area contributed by atoms with Crippen LogP contribution in [-0.4, -0.2) is 35.4 Å². The van der Waals surface area contributed by atoms with Crippen LogP contribution in [0.1, 0.15) is 31.9 Å². The lowest BCUT2D eigenvalue weighted by molar-refractivity contribution is -0.139. The summed E-state index contributed by atoms with van der Waals surface area (Å²) in [6.45, 7) is 5.83. The number of fused-ring (bicyclic) bond motifs is 1. The Hall–Kier alpha value is -2.24. The minimum atomic E-state index is -1.09. The van der Waals surface area contributed by atoms with Crippen molar-refractivity contribution in [2.24, 2.45) is 0 Å². The molecule has 0 saturated carbocycles. The Labute approximate surface area is 129 Å². The van der Waals surface area contributed by atoms with E-state index in [1.165, 1.54) is 0 Å². The van der Waals surface area contributed by atoms with Crippen LogP contribution in [0.25, 0.3) is 0 Å². The van der Waals surface area contributed by atoms with E-state index in [4.69, 9.17) is 9.47 Å². The maximum Gasteiger partial charge on any atom is 0.408 e. The molecule has 1 aromatic carbocycles. The van der Waals surface area contributed by atoms with Crippen LogP contribution in [0.5, 0.6) is 5.75 Å². The van der Waals surface area contributed by atoms with E-state index in [0.717, 1.165) is 23.3 Å². The number of carbonyl (C=O) groups excluding carboxylic acids is 1. The van der Waals surface area contributed by atoms with Gasteiger partial charge in [0.05, 0.1) is 6.61 Å². The summed E-state index contributed by atoms with van der Waals surface area (Å²) in [6, 6.07) is 4.55. The van der Waals surface area contributed by atoms with Gasteiger partial charge < -0.3 is 19.9 Å². The fourth-order valence-corrected chi connectivity index (χ4v) is 2.25. The molecular formula is C16H21NO5. The Morgan fingerprint density at radius 3 is 2.77 bits per heavy atom. The van der Waals surface area contributed by atoms with Crippen LogP contribution in [-0.2, 0) is 22.4 Å². The number of alkyl carbamates (subject to hydrolysis) is 1. The van der Waals surface area contributed by atoms with Crippen molar-refractivity contribution in [2.75, 3.05) is 6.61 Å². The topological polar surface area (TPSA) is 84.9 Å². The number of benzene rings is 1. The molecule has 0 saturated heterocycles. The number of aliphatic carboxylic acids is 1. The third-order valence-electron chi connectivity index (χ3n) is 3.18. The molecule has 0 aromatic heterocycles. The number of nitrogens with one attached hydrogen (secondary N) is 1. The first-order valence-electron chi connectivity index (χ1n) is 7.21. The molecule has 0 aliphatic carbocycles. The van der Waals surface area contributed by atoms with Crippen LogP contribution in [0.15, 0.2) is 18.2 Å². The predicted molar refractivity (Wildman–Crippen MR) is 80.1 cm³/mol. The summed E-state index contributed by atoms with van der Waals surface area (Å²) in [6.07, 6.45) is 0.284. The molecule has 6 heteroatoms. The number of ether oxygens (including phenoxy) is 2. The third kappa shape index (κ3) is 4.38. The summed E-state index contributed by atoms with van der Waals surface area (Å²) >= 11 is 0. The summed E-state index contributed by atoms with van der Waals surface area (Å²) in [5.74, 6) is -0.252. The molecule has 1 aliphatic rings. The summed E-state index contributed by atoms with van der Waals surface area (Å²) in [5.41, 5.74) is 1.24. The van der Waals surface area contributed by atoms with Gasteiger partial charge in [0.15, 0.2) is 0 Å². The molecule has 0 bridgehead atoms. The molecule has 1 aliphatic heterocycles. The maximum absolute atomic E-state index is 11.7. The minimum Gasteiger partial charge on any atom is -0.493 e. The zero-order chi connectivity index (χ0) is 16.3. The van der Waals surface area contributed by atoms with Crippen LogP contribution in [0, 0.1) is 0 Å². The van der Waals surface area contributed by atoms with Crippen LogP contribution in [0.4, 0.5) is 4.79 Å². The van der Waals surface area contributed by atoms with E-state index < -0.39 is 23.7 Å². The molecule has 1 amide bonds. The van der Waals surface area contributed by atoms with Gasteiger partial charge in [0.1, 0.15) is 17.4 Å². The Morgan fingerprint density at radius 1 is 1.41 bits per heavy atom. The first kappa shape index (κ1) is 16.1. The summed E-state index contributed by atoms with van der Waals surface area (Å²) in [7, 11) is 0. The largest absolute Gasteiger partial charge is 0.493 e. The number of hydrogen-bond acceptors (Lipinski definition) is 4. The summed E-state index contributed by atoms with van der Waals surface area (Å²) < 4.78 is 10.5. The lowest BCUT2D eigenvalue weighted by Crippen LogP contribution is -2.44. The Kier molecular flexibility index (Phi) is 4.59.